The zero-order valence-corrected chi connectivity index (χ0v) is 12.9. The van der Waals surface area contributed by atoms with E-state index in [1.807, 2.05) is 20.8 Å². The van der Waals surface area contributed by atoms with Gasteiger partial charge in [0.25, 0.3) is 5.56 Å². The van der Waals surface area contributed by atoms with Crippen LogP contribution < -0.4 is 5.56 Å². The van der Waals surface area contributed by atoms with Gasteiger partial charge in [-0.25, -0.2) is 9.78 Å². The van der Waals surface area contributed by atoms with Crippen LogP contribution in [0.1, 0.15) is 45.0 Å². The highest BCUT2D eigenvalue weighted by Crippen LogP contribution is 2.52. The van der Waals surface area contributed by atoms with Crippen molar-refractivity contribution in [1.82, 2.24) is 14.9 Å². The molecular weight excluding hydrogens is 270 g/mol. The number of rotatable bonds is 1. The Morgan fingerprint density at radius 2 is 2.14 bits per heavy atom. The van der Waals surface area contributed by atoms with Crippen molar-refractivity contribution in [2.75, 3.05) is 6.54 Å². The number of aromatic amines is 1. The average Bonchev–Trinajstić information content (AvgIpc) is 2.86. The molecule has 3 heterocycles. The first kappa shape index (κ1) is 14.1. The molecule has 2 bridgehead atoms. The minimum atomic E-state index is -0.492. The molecular formula is C15H21N3O3. The van der Waals surface area contributed by atoms with Crippen LogP contribution in [0.25, 0.3) is 0 Å². The van der Waals surface area contributed by atoms with E-state index in [1.54, 1.807) is 18.0 Å². The zero-order chi connectivity index (χ0) is 15.4. The number of ether oxygens (including phenoxy) is 1. The molecule has 1 aromatic rings. The maximum atomic E-state index is 12.2. The highest BCUT2D eigenvalue weighted by molar-refractivity contribution is 5.70. The Morgan fingerprint density at radius 1 is 1.48 bits per heavy atom. The van der Waals surface area contributed by atoms with Gasteiger partial charge in [0.2, 0.25) is 0 Å². The number of carbonyl (C=O) groups is 1. The number of hydrogen-bond donors (Lipinski definition) is 1. The van der Waals surface area contributed by atoms with E-state index in [-0.39, 0.29) is 23.1 Å². The number of aromatic nitrogens is 2. The third-order valence-corrected chi connectivity index (χ3v) is 4.27. The number of carbonyl (C=O) groups excluding carboxylic acids is 1. The molecule has 6 heteroatoms. The van der Waals surface area contributed by atoms with Crippen LogP contribution in [0.15, 0.2) is 11.0 Å². The van der Waals surface area contributed by atoms with Crippen molar-refractivity contribution < 1.29 is 9.53 Å². The van der Waals surface area contributed by atoms with Gasteiger partial charge in [0.15, 0.2) is 0 Å². The summed E-state index contributed by atoms with van der Waals surface area (Å²) < 4.78 is 5.44. The number of amides is 1. The predicted molar refractivity (Wildman–Crippen MR) is 77.2 cm³/mol. The lowest BCUT2D eigenvalue weighted by Crippen LogP contribution is -2.41. The average molecular weight is 291 g/mol. The van der Waals surface area contributed by atoms with E-state index in [4.69, 9.17) is 4.74 Å². The van der Waals surface area contributed by atoms with Crippen LogP contribution in [0, 0.1) is 6.92 Å². The topological polar surface area (TPSA) is 75.3 Å². The maximum absolute atomic E-state index is 12.2. The van der Waals surface area contributed by atoms with Gasteiger partial charge in [0.05, 0.1) is 5.41 Å². The zero-order valence-electron chi connectivity index (χ0n) is 12.9. The fourth-order valence-corrected chi connectivity index (χ4v) is 3.18. The molecule has 1 aromatic heterocycles. The minimum Gasteiger partial charge on any atom is -0.444 e. The van der Waals surface area contributed by atoms with Crippen LogP contribution in [0.3, 0.4) is 0 Å². The van der Waals surface area contributed by atoms with Crippen molar-refractivity contribution in [2.45, 2.75) is 57.6 Å². The second kappa shape index (κ2) is 4.32. The van der Waals surface area contributed by atoms with Gasteiger partial charge >= 0.3 is 6.09 Å². The van der Waals surface area contributed by atoms with Crippen molar-refractivity contribution in [2.24, 2.45) is 0 Å². The fraction of sp³-hybridized carbons (Fsp3) is 0.667. The van der Waals surface area contributed by atoms with Gasteiger partial charge in [-0.1, -0.05) is 0 Å². The largest absolute Gasteiger partial charge is 0.444 e. The molecule has 21 heavy (non-hydrogen) atoms. The van der Waals surface area contributed by atoms with Crippen LogP contribution >= 0.6 is 0 Å². The summed E-state index contributed by atoms with van der Waals surface area (Å²) in [4.78, 5) is 33.0. The van der Waals surface area contributed by atoms with Gasteiger partial charge < -0.3 is 14.6 Å². The molecule has 3 fully saturated rings. The van der Waals surface area contributed by atoms with E-state index in [0.29, 0.717) is 17.9 Å². The monoisotopic (exact) mass is 291 g/mol. The number of hydrogen-bond acceptors (Lipinski definition) is 4. The van der Waals surface area contributed by atoms with E-state index in [1.165, 1.54) is 0 Å². The van der Waals surface area contributed by atoms with E-state index < -0.39 is 5.60 Å². The fourth-order valence-electron chi connectivity index (χ4n) is 3.18. The molecule has 3 aliphatic rings. The molecule has 1 aliphatic carbocycles. The molecule has 0 spiro atoms. The molecule has 0 aromatic carbocycles. The highest BCUT2D eigenvalue weighted by Gasteiger charge is 2.59. The number of aryl methyl sites for hydroxylation is 1. The summed E-state index contributed by atoms with van der Waals surface area (Å²) >= 11 is 0. The van der Waals surface area contributed by atoms with Gasteiger partial charge in [0, 0.05) is 24.3 Å². The Kier molecular flexibility index (Phi) is 2.90. The molecule has 114 valence electrons. The van der Waals surface area contributed by atoms with Crippen LogP contribution in [-0.4, -0.2) is 39.1 Å². The second-order valence-corrected chi connectivity index (χ2v) is 7.19. The van der Waals surface area contributed by atoms with Crippen LogP contribution in [0.4, 0.5) is 4.79 Å². The highest BCUT2D eigenvalue weighted by atomic mass is 16.6. The first-order valence-electron chi connectivity index (χ1n) is 7.26. The quantitative estimate of drug-likeness (QED) is 0.855. The summed E-state index contributed by atoms with van der Waals surface area (Å²) in [5.41, 5.74) is -0.191. The lowest BCUT2D eigenvalue weighted by Gasteiger charge is -2.35. The summed E-state index contributed by atoms with van der Waals surface area (Å²) in [6, 6.07) is 0.200. The summed E-state index contributed by atoms with van der Waals surface area (Å²) in [5, 5.41) is 0. The van der Waals surface area contributed by atoms with Gasteiger partial charge in [0.1, 0.15) is 11.4 Å². The summed E-state index contributed by atoms with van der Waals surface area (Å²) in [5.74, 6) is 0.695. The standard InChI is InChI=1S/C15H21N3O3/c1-9-7-16-12(17-11(9)19)15-5-10(6-15)18(8-15)13(20)21-14(2,3)4/h7,10H,5-6,8H2,1-4H3,(H,16,17,19). The Bertz CT molecular complexity index is 638. The minimum absolute atomic E-state index is 0.103. The molecule has 2 aliphatic heterocycles. The first-order valence-corrected chi connectivity index (χ1v) is 7.26. The Morgan fingerprint density at radius 3 is 2.71 bits per heavy atom. The molecule has 6 nitrogen and oxygen atoms in total. The van der Waals surface area contributed by atoms with Crippen molar-refractivity contribution in [3.05, 3.63) is 27.9 Å². The maximum Gasteiger partial charge on any atom is 0.410 e. The molecule has 2 saturated heterocycles. The molecule has 0 unspecified atom stereocenters. The van der Waals surface area contributed by atoms with Crippen LogP contribution in [0.2, 0.25) is 0 Å². The number of fused-ring (bicyclic) bond motifs is 1. The predicted octanol–water partition coefficient (Wildman–Crippen LogP) is 1.73. The Hall–Kier alpha value is -1.85. The van der Waals surface area contributed by atoms with Crippen molar-refractivity contribution >= 4 is 6.09 Å². The number of nitrogens with zero attached hydrogens (tertiary/aromatic N) is 2. The van der Waals surface area contributed by atoms with Crippen LogP contribution in [0.5, 0.6) is 0 Å². The second-order valence-electron chi connectivity index (χ2n) is 7.19. The van der Waals surface area contributed by atoms with Crippen molar-refractivity contribution in [3.8, 4) is 0 Å². The SMILES string of the molecule is Cc1cnc(C23CC(C2)N(C(=O)OC(C)(C)C)C3)[nH]c1=O. The van der Waals surface area contributed by atoms with Gasteiger partial charge in [-0.15, -0.1) is 0 Å². The number of nitrogens with one attached hydrogen (secondary N) is 1. The molecule has 1 N–H and O–H groups in total. The third kappa shape index (κ3) is 2.32. The molecule has 1 amide bonds. The van der Waals surface area contributed by atoms with Gasteiger partial charge in [-0.3, -0.25) is 4.79 Å². The lowest BCUT2D eigenvalue weighted by molar-refractivity contribution is 0.0246. The molecule has 0 radical (unpaired) electrons. The van der Waals surface area contributed by atoms with Crippen molar-refractivity contribution in [3.63, 3.8) is 0 Å². The first-order chi connectivity index (χ1) is 9.70. The molecule has 4 rings (SSSR count). The summed E-state index contributed by atoms with van der Waals surface area (Å²) in [6.45, 7) is 7.89. The lowest BCUT2D eigenvalue weighted by atomic mass is 9.69. The number of H-pyrrole nitrogens is 1. The van der Waals surface area contributed by atoms with Crippen LogP contribution in [-0.2, 0) is 10.2 Å². The van der Waals surface area contributed by atoms with E-state index in [2.05, 4.69) is 9.97 Å². The Labute approximate surface area is 123 Å². The van der Waals surface area contributed by atoms with Gasteiger partial charge in [-0.05, 0) is 40.5 Å². The summed E-state index contributed by atoms with van der Waals surface area (Å²) in [6.07, 6.45) is 3.02. The van der Waals surface area contributed by atoms with Crippen molar-refractivity contribution in [1.29, 1.82) is 0 Å². The third-order valence-electron chi connectivity index (χ3n) is 4.27. The summed E-state index contributed by atoms with van der Waals surface area (Å²) in [7, 11) is 0. The molecule has 0 atom stereocenters. The normalized spacial score (nSPS) is 27.4. The smallest absolute Gasteiger partial charge is 0.410 e. The van der Waals surface area contributed by atoms with Gasteiger partial charge in [-0.2, -0.15) is 0 Å². The molecule has 1 saturated carbocycles. The van der Waals surface area contributed by atoms with E-state index in [0.717, 1.165) is 12.8 Å². The van der Waals surface area contributed by atoms with E-state index >= 15 is 0 Å². The van der Waals surface area contributed by atoms with E-state index in [9.17, 15) is 9.59 Å². The Balaban J connectivity index is 1.78.